The lowest BCUT2D eigenvalue weighted by Gasteiger charge is -2.28. The Labute approximate surface area is 277 Å². The smallest absolute Gasteiger partial charge is 0.259 e. The van der Waals surface area contributed by atoms with E-state index in [1.165, 1.54) is 16.5 Å². The van der Waals surface area contributed by atoms with Gasteiger partial charge in [-0.1, -0.05) is 30.3 Å². The fourth-order valence-electron chi connectivity index (χ4n) is 7.04. The predicted molar refractivity (Wildman–Crippen MR) is 183 cm³/mol. The van der Waals surface area contributed by atoms with Crippen molar-refractivity contribution in [2.45, 2.75) is 19.3 Å². The van der Waals surface area contributed by atoms with Crippen LogP contribution in [0.3, 0.4) is 0 Å². The first-order valence-corrected chi connectivity index (χ1v) is 16.5. The van der Waals surface area contributed by atoms with Gasteiger partial charge in [0, 0.05) is 57.7 Å². The van der Waals surface area contributed by atoms with Crippen molar-refractivity contribution in [3.8, 4) is 28.3 Å². The number of rotatable bonds is 9. The van der Waals surface area contributed by atoms with Gasteiger partial charge < -0.3 is 24.3 Å². The maximum absolute atomic E-state index is 16.0. The van der Waals surface area contributed by atoms with E-state index in [1.54, 1.807) is 19.4 Å². The average Bonchev–Trinajstić information content (AvgIpc) is 3.48. The molecule has 3 aromatic carbocycles. The van der Waals surface area contributed by atoms with Crippen molar-refractivity contribution < 1.29 is 18.7 Å². The molecule has 0 spiro atoms. The molecule has 0 unspecified atom stereocenters. The van der Waals surface area contributed by atoms with Crippen molar-refractivity contribution in [2.75, 3.05) is 58.3 Å². The minimum Gasteiger partial charge on any atom is -0.451 e. The maximum atomic E-state index is 16.0. The third kappa shape index (κ3) is 5.40. The van der Waals surface area contributed by atoms with Gasteiger partial charge in [-0.3, -0.25) is 19.5 Å². The number of hydrogen-bond donors (Lipinski definition) is 1. The number of ether oxygens (including phenoxy) is 2. The fraction of sp³-hybridized carbons (Fsp3) is 0.289. The Morgan fingerprint density at radius 1 is 1.04 bits per heavy atom. The molecule has 0 radical (unpaired) electrons. The number of aromatic nitrogens is 2. The Kier molecular flexibility index (Phi) is 7.90. The van der Waals surface area contributed by atoms with E-state index >= 15 is 4.39 Å². The van der Waals surface area contributed by atoms with Crippen LogP contribution in [0, 0.1) is 5.82 Å². The van der Waals surface area contributed by atoms with Crippen LogP contribution < -0.4 is 15.5 Å². The minimum absolute atomic E-state index is 0.0312. The molecule has 10 heteroatoms. The van der Waals surface area contributed by atoms with Crippen molar-refractivity contribution in [1.29, 1.82) is 0 Å². The Morgan fingerprint density at radius 3 is 2.71 bits per heavy atom. The Balaban J connectivity index is 1.20. The van der Waals surface area contributed by atoms with E-state index in [9.17, 15) is 9.59 Å². The van der Waals surface area contributed by atoms with E-state index < -0.39 is 17.2 Å². The van der Waals surface area contributed by atoms with Gasteiger partial charge in [0.15, 0.2) is 17.3 Å². The van der Waals surface area contributed by atoms with Crippen LogP contribution in [0.4, 0.5) is 10.1 Å². The molecule has 0 bridgehead atoms. The van der Waals surface area contributed by atoms with Crippen LogP contribution >= 0.6 is 0 Å². The lowest BCUT2D eigenvalue weighted by molar-refractivity contribution is 0.0378. The second-order valence-corrected chi connectivity index (χ2v) is 12.6. The SMILES string of the molecule is CN(CCc1ccccn1)C(=O)c1cn2c3c(c(NCCCN4CCOCC4)c(F)cc3c1=O)Oc1cc3c(cc1-2)-c1ccccc1C3. The molecule has 2 aromatic heterocycles. The highest BCUT2D eigenvalue weighted by atomic mass is 19.1. The monoisotopic (exact) mass is 645 g/mol. The topological polar surface area (TPSA) is 88.9 Å². The Morgan fingerprint density at radius 2 is 1.88 bits per heavy atom. The summed E-state index contributed by atoms with van der Waals surface area (Å²) in [6.45, 7) is 4.96. The van der Waals surface area contributed by atoms with Gasteiger partial charge in [-0.2, -0.15) is 0 Å². The van der Waals surface area contributed by atoms with Crippen LogP contribution in [-0.4, -0.2) is 78.2 Å². The summed E-state index contributed by atoms with van der Waals surface area (Å²) in [4.78, 5) is 36.1. The number of carbonyl (C=O) groups excluding carboxylic acids is 1. The van der Waals surface area contributed by atoms with E-state index in [0.29, 0.717) is 36.5 Å². The summed E-state index contributed by atoms with van der Waals surface area (Å²) in [5, 5.41) is 3.37. The van der Waals surface area contributed by atoms with Gasteiger partial charge in [-0.05, 0) is 72.0 Å². The summed E-state index contributed by atoms with van der Waals surface area (Å²) < 4.78 is 29.9. The van der Waals surface area contributed by atoms with E-state index in [4.69, 9.17) is 9.47 Å². The number of nitrogens with one attached hydrogen (secondary N) is 1. The summed E-state index contributed by atoms with van der Waals surface area (Å²) in [5.74, 6) is -0.243. The molecule has 1 saturated heterocycles. The molecule has 0 atom stereocenters. The molecule has 1 fully saturated rings. The first-order valence-electron chi connectivity index (χ1n) is 16.5. The summed E-state index contributed by atoms with van der Waals surface area (Å²) in [6.07, 6.45) is 5.40. The molecule has 1 aliphatic carbocycles. The van der Waals surface area contributed by atoms with Gasteiger partial charge in [0.1, 0.15) is 16.8 Å². The summed E-state index contributed by atoms with van der Waals surface area (Å²) >= 11 is 0. The van der Waals surface area contributed by atoms with Gasteiger partial charge in [0.25, 0.3) is 5.91 Å². The number of pyridine rings is 2. The van der Waals surface area contributed by atoms with Gasteiger partial charge in [0.2, 0.25) is 5.43 Å². The van der Waals surface area contributed by atoms with E-state index in [0.717, 1.165) is 68.1 Å². The number of carbonyl (C=O) groups is 1. The van der Waals surface area contributed by atoms with Gasteiger partial charge in [-0.25, -0.2) is 4.39 Å². The zero-order valence-electron chi connectivity index (χ0n) is 26.8. The molecule has 5 aromatic rings. The number of hydrogen-bond acceptors (Lipinski definition) is 7. The van der Waals surface area contributed by atoms with Crippen LogP contribution in [0.5, 0.6) is 11.5 Å². The van der Waals surface area contributed by atoms with Crippen molar-refractivity contribution in [2.24, 2.45) is 0 Å². The number of morpholine rings is 1. The molecule has 2 aliphatic heterocycles. The molecular weight excluding hydrogens is 609 g/mol. The number of likely N-dealkylation sites (N-methyl/N-ethyl adjacent to an activating group) is 1. The Bertz CT molecular complexity index is 2110. The predicted octanol–water partition coefficient (Wildman–Crippen LogP) is 5.65. The minimum atomic E-state index is -0.599. The zero-order chi connectivity index (χ0) is 32.8. The number of fused-ring (bicyclic) bond motifs is 5. The molecule has 244 valence electrons. The Hall–Kier alpha value is -5.06. The summed E-state index contributed by atoms with van der Waals surface area (Å²) in [5.41, 5.74) is 6.16. The van der Waals surface area contributed by atoms with Crippen LogP contribution in [-0.2, 0) is 17.6 Å². The summed E-state index contributed by atoms with van der Waals surface area (Å²) in [6, 6.07) is 19.2. The maximum Gasteiger partial charge on any atom is 0.259 e. The van der Waals surface area contributed by atoms with Gasteiger partial charge in [-0.15, -0.1) is 0 Å². The quantitative estimate of drug-likeness (QED) is 0.203. The van der Waals surface area contributed by atoms with Crippen LogP contribution in [0.25, 0.3) is 27.7 Å². The lowest BCUT2D eigenvalue weighted by Crippen LogP contribution is -2.37. The standard InChI is InChI=1S/C38H36FN5O4/c1-42(14-10-26-8-4-5-11-40-26)38(46)30-23-44-32-22-28-25(19-24-7-2-3-9-27(24)28)20-33(32)48-37-34(31(39)21-29(35(37)44)36(30)45)41-12-6-13-43-15-17-47-18-16-43/h2-5,7-9,11,20-23,41H,6,10,12-19H2,1H3. The van der Waals surface area contributed by atoms with Crippen LogP contribution in [0.15, 0.2) is 77.9 Å². The molecule has 1 N–H and O–H groups in total. The number of nitrogens with zero attached hydrogens (tertiary/aromatic N) is 4. The van der Waals surface area contributed by atoms with Gasteiger partial charge in [0.05, 0.1) is 24.3 Å². The third-order valence-corrected chi connectivity index (χ3v) is 9.60. The van der Waals surface area contributed by atoms with Crippen LogP contribution in [0.2, 0.25) is 0 Å². The molecule has 4 heterocycles. The van der Waals surface area contributed by atoms with Crippen molar-refractivity contribution in [3.63, 3.8) is 0 Å². The molecule has 8 rings (SSSR count). The molecule has 0 saturated carbocycles. The fourth-order valence-corrected chi connectivity index (χ4v) is 7.04. The average molecular weight is 646 g/mol. The van der Waals surface area contributed by atoms with E-state index in [1.807, 2.05) is 41.0 Å². The van der Waals surface area contributed by atoms with E-state index in [-0.39, 0.29) is 22.4 Å². The number of amides is 1. The second kappa shape index (κ2) is 12.5. The highest BCUT2D eigenvalue weighted by molar-refractivity contribution is 6.01. The first kappa shape index (κ1) is 30.3. The highest BCUT2D eigenvalue weighted by Crippen LogP contribution is 2.49. The molecular formula is C38H36FN5O4. The van der Waals surface area contributed by atoms with Crippen molar-refractivity contribution in [1.82, 2.24) is 19.4 Å². The number of halogens is 1. The van der Waals surface area contributed by atoms with Crippen LogP contribution in [0.1, 0.15) is 33.6 Å². The number of benzene rings is 3. The van der Waals surface area contributed by atoms with Crippen molar-refractivity contribution >= 4 is 22.5 Å². The molecule has 3 aliphatic rings. The van der Waals surface area contributed by atoms with Crippen molar-refractivity contribution in [3.05, 3.63) is 111 Å². The normalized spacial score (nSPS) is 14.6. The zero-order valence-corrected chi connectivity index (χ0v) is 26.8. The molecule has 9 nitrogen and oxygen atoms in total. The first-order chi connectivity index (χ1) is 23.5. The second-order valence-electron chi connectivity index (χ2n) is 12.6. The molecule has 48 heavy (non-hydrogen) atoms. The lowest BCUT2D eigenvalue weighted by atomic mass is 10.0. The third-order valence-electron chi connectivity index (χ3n) is 9.60. The van der Waals surface area contributed by atoms with E-state index in [2.05, 4.69) is 33.4 Å². The molecule has 1 amide bonds. The largest absolute Gasteiger partial charge is 0.451 e. The summed E-state index contributed by atoms with van der Waals surface area (Å²) in [7, 11) is 1.67. The number of anilines is 1. The van der Waals surface area contributed by atoms with Gasteiger partial charge >= 0.3 is 0 Å². The highest BCUT2D eigenvalue weighted by Gasteiger charge is 2.31.